The molecule has 2 saturated heterocycles. The van der Waals surface area contributed by atoms with Crippen LogP contribution >= 0.6 is 39.7 Å². The van der Waals surface area contributed by atoms with Crippen molar-refractivity contribution in [1.82, 2.24) is 9.62 Å². The van der Waals surface area contributed by atoms with Crippen molar-refractivity contribution >= 4 is 49.7 Å². The van der Waals surface area contributed by atoms with Crippen LogP contribution in [0.25, 0.3) is 0 Å². The molecule has 1 aromatic rings. The average molecular weight is 388 g/mol. The van der Waals surface area contributed by atoms with E-state index in [-0.39, 0.29) is 17.8 Å². The third-order valence-electron chi connectivity index (χ3n) is 3.89. The van der Waals surface area contributed by atoms with Crippen molar-refractivity contribution in [2.45, 2.75) is 17.1 Å². The zero-order valence-corrected chi connectivity index (χ0v) is 14.3. The predicted molar refractivity (Wildman–Crippen MR) is 82.6 cm³/mol. The summed E-state index contributed by atoms with van der Waals surface area (Å²) in [6.07, 6.45) is 2.06. The van der Waals surface area contributed by atoms with Crippen LogP contribution in [0.1, 0.15) is 12.8 Å². The molecule has 0 aliphatic carbocycles. The van der Waals surface area contributed by atoms with Crippen molar-refractivity contribution < 1.29 is 8.42 Å². The van der Waals surface area contributed by atoms with E-state index in [4.69, 9.17) is 0 Å². The molecule has 1 aromatic heterocycles. The van der Waals surface area contributed by atoms with Crippen LogP contribution in [0.5, 0.6) is 0 Å². The maximum Gasteiger partial charge on any atom is 0.253 e. The van der Waals surface area contributed by atoms with Gasteiger partial charge in [0, 0.05) is 24.1 Å². The van der Waals surface area contributed by atoms with Gasteiger partial charge in [0.25, 0.3) is 10.0 Å². The number of hydrogen-bond donors (Lipinski definition) is 1. The lowest BCUT2D eigenvalue weighted by Gasteiger charge is -2.22. The number of hydrogen-bond acceptors (Lipinski definition) is 4. The number of rotatable bonds is 2. The summed E-state index contributed by atoms with van der Waals surface area (Å²) < 4.78 is 27.8. The molecule has 2 aliphatic rings. The van der Waals surface area contributed by atoms with Gasteiger partial charge in [-0.1, -0.05) is 0 Å². The quantitative estimate of drug-likeness (QED) is 0.847. The highest BCUT2D eigenvalue weighted by molar-refractivity contribution is 9.10. The van der Waals surface area contributed by atoms with Gasteiger partial charge in [-0.25, -0.2) is 8.42 Å². The molecule has 0 aromatic carbocycles. The zero-order chi connectivity index (χ0) is 12.8. The minimum Gasteiger partial charge on any atom is -0.316 e. The minimum absolute atomic E-state index is 0. The summed E-state index contributed by atoms with van der Waals surface area (Å²) >= 11 is 4.60. The van der Waals surface area contributed by atoms with E-state index in [2.05, 4.69) is 21.2 Å². The second kappa shape index (κ2) is 5.61. The molecule has 8 heteroatoms. The fourth-order valence-corrected chi connectivity index (χ4v) is 6.83. The maximum absolute atomic E-state index is 12.5. The highest BCUT2D eigenvalue weighted by Crippen LogP contribution is 2.40. The van der Waals surface area contributed by atoms with E-state index < -0.39 is 10.0 Å². The normalized spacial score (nSPS) is 27.8. The van der Waals surface area contributed by atoms with Crippen LogP contribution in [0.15, 0.2) is 20.1 Å². The van der Waals surface area contributed by atoms with Crippen molar-refractivity contribution in [1.29, 1.82) is 0 Å². The first-order chi connectivity index (χ1) is 8.54. The zero-order valence-electron chi connectivity index (χ0n) is 10.3. The summed E-state index contributed by atoms with van der Waals surface area (Å²) in [5.74, 6) is 0. The van der Waals surface area contributed by atoms with Gasteiger partial charge in [-0.15, -0.1) is 23.7 Å². The third kappa shape index (κ3) is 2.73. The van der Waals surface area contributed by atoms with Crippen LogP contribution in [-0.2, 0) is 10.0 Å². The molecule has 108 valence electrons. The molecular formula is C11H16BrClN2O2S2. The lowest BCUT2D eigenvalue weighted by molar-refractivity contribution is 0.338. The van der Waals surface area contributed by atoms with E-state index in [0.717, 1.165) is 25.9 Å². The van der Waals surface area contributed by atoms with Gasteiger partial charge in [0.2, 0.25) is 0 Å². The van der Waals surface area contributed by atoms with Crippen molar-refractivity contribution in [2.75, 3.05) is 26.2 Å². The van der Waals surface area contributed by atoms with Crippen molar-refractivity contribution in [3.05, 3.63) is 15.9 Å². The molecule has 0 bridgehead atoms. The van der Waals surface area contributed by atoms with Crippen LogP contribution in [-0.4, -0.2) is 38.9 Å². The number of thiophene rings is 1. The SMILES string of the molecule is Cl.O=S(=O)(c1sccc1Br)N1CCC2(CCNC2)C1. The monoisotopic (exact) mass is 386 g/mol. The fraction of sp³-hybridized carbons (Fsp3) is 0.636. The standard InChI is InChI=1S/C11H15BrN2O2S2.ClH/c12-9-1-6-17-10(9)18(15,16)14-5-3-11(8-14)2-4-13-7-11;/h1,6,13H,2-5,7-8H2;1H. The molecule has 2 aliphatic heterocycles. The Morgan fingerprint density at radius 3 is 2.79 bits per heavy atom. The van der Waals surface area contributed by atoms with Crippen molar-refractivity contribution in [3.63, 3.8) is 0 Å². The summed E-state index contributed by atoms with van der Waals surface area (Å²) in [5.41, 5.74) is 0.177. The smallest absolute Gasteiger partial charge is 0.253 e. The van der Waals surface area contributed by atoms with E-state index in [1.54, 1.807) is 15.8 Å². The van der Waals surface area contributed by atoms with Crippen LogP contribution in [0.3, 0.4) is 0 Å². The summed E-state index contributed by atoms with van der Waals surface area (Å²) in [6, 6.07) is 1.79. The molecule has 19 heavy (non-hydrogen) atoms. The molecule has 2 fully saturated rings. The summed E-state index contributed by atoms with van der Waals surface area (Å²) in [4.78, 5) is 0. The minimum atomic E-state index is -3.31. The molecule has 1 spiro atoms. The maximum atomic E-state index is 12.5. The largest absolute Gasteiger partial charge is 0.316 e. The Morgan fingerprint density at radius 2 is 2.21 bits per heavy atom. The molecule has 4 nitrogen and oxygen atoms in total. The summed E-state index contributed by atoms with van der Waals surface area (Å²) in [5, 5.41) is 5.15. The number of nitrogens with one attached hydrogen (secondary N) is 1. The van der Waals surface area contributed by atoms with Gasteiger partial charge in [-0.3, -0.25) is 0 Å². The number of nitrogens with zero attached hydrogens (tertiary/aromatic N) is 1. The van der Waals surface area contributed by atoms with Gasteiger partial charge in [0.1, 0.15) is 4.21 Å². The van der Waals surface area contributed by atoms with Crippen LogP contribution in [0.4, 0.5) is 0 Å². The second-order valence-corrected chi connectivity index (χ2v) is 8.98. The van der Waals surface area contributed by atoms with Gasteiger partial charge in [-0.05, 0) is 52.2 Å². The average Bonchev–Trinajstić information content (AvgIpc) is 3.02. The van der Waals surface area contributed by atoms with Gasteiger partial charge >= 0.3 is 0 Å². The Balaban J connectivity index is 0.00000133. The molecule has 1 unspecified atom stereocenters. The summed E-state index contributed by atoms with van der Waals surface area (Å²) in [7, 11) is -3.31. The fourth-order valence-electron chi connectivity index (χ4n) is 2.82. The van der Waals surface area contributed by atoms with E-state index in [0.29, 0.717) is 21.8 Å². The molecule has 1 N–H and O–H groups in total. The van der Waals surface area contributed by atoms with Crippen molar-refractivity contribution in [2.24, 2.45) is 5.41 Å². The van der Waals surface area contributed by atoms with Gasteiger partial charge < -0.3 is 5.32 Å². The van der Waals surface area contributed by atoms with Gasteiger partial charge in [0.05, 0.1) is 0 Å². The Bertz CT molecular complexity index is 555. The topological polar surface area (TPSA) is 49.4 Å². The third-order valence-corrected chi connectivity index (χ3v) is 8.39. The molecule has 0 radical (unpaired) electrons. The van der Waals surface area contributed by atoms with Crippen LogP contribution in [0.2, 0.25) is 0 Å². The number of sulfonamides is 1. The Kier molecular flexibility index (Phi) is 4.65. The lowest BCUT2D eigenvalue weighted by Crippen LogP contribution is -2.33. The molecule has 3 heterocycles. The van der Waals surface area contributed by atoms with Crippen LogP contribution < -0.4 is 5.32 Å². The van der Waals surface area contributed by atoms with Gasteiger partial charge in [-0.2, -0.15) is 4.31 Å². The predicted octanol–water partition coefficient (Wildman–Crippen LogP) is 2.31. The molecule has 0 amide bonds. The highest BCUT2D eigenvalue weighted by atomic mass is 79.9. The Morgan fingerprint density at radius 1 is 1.42 bits per heavy atom. The van der Waals surface area contributed by atoms with E-state index in [1.165, 1.54) is 11.3 Å². The van der Waals surface area contributed by atoms with E-state index >= 15 is 0 Å². The van der Waals surface area contributed by atoms with Crippen molar-refractivity contribution in [3.8, 4) is 0 Å². The lowest BCUT2D eigenvalue weighted by atomic mass is 9.87. The Hall–Kier alpha value is 0.340. The number of halogens is 2. The Labute approximate surface area is 132 Å². The second-order valence-electron chi connectivity index (χ2n) is 5.07. The summed E-state index contributed by atoms with van der Waals surface area (Å²) in [6.45, 7) is 3.27. The highest BCUT2D eigenvalue weighted by Gasteiger charge is 2.45. The molecule has 1 atom stereocenters. The van der Waals surface area contributed by atoms with Gasteiger partial charge in [0.15, 0.2) is 0 Å². The first kappa shape index (κ1) is 15.7. The van der Waals surface area contributed by atoms with Crippen LogP contribution in [0, 0.1) is 5.41 Å². The molecular weight excluding hydrogens is 372 g/mol. The van der Waals surface area contributed by atoms with E-state index in [1.807, 2.05) is 0 Å². The molecule has 0 saturated carbocycles. The molecule has 3 rings (SSSR count). The first-order valence-corrected chi connectivity index (χ1v) is 9.09. The van der Waals surface area contributed by atoms with E-state index in [9.17, 15) is 8.42 Å². The first-order valence-electron chi connectivity index (χ1n) is 5.97.